The van der Waals surface area contributed by atoms with Gasteiger partial charge in [-0.2, -0.15) is 10.5 Å². The third-order valence-electron chi connectivity index (χ3n) is 3.35. The lowest BCUT2D eigenvalue weighted by Gasteiger charge is -2.14. The lowest BCUT2D eigenvalue weighted by Crippen LogP contribution is -2.11. The molecule has 0 aromatic heterocycles. The lowest BCUT2D eigenvalue weighted by atomic mass is 9.94. The smallest absolute Gasteiger partial charge is 0.180 e. The quantitative estimate of drug-likeness (QED) is 0.570. The van der Waals surface area contributed by atoms with Crippen LogP contribution in [0.2, 0.25) is 0 Å². The van der Waals surface area contributed by atoms with Crippen molar-refractivity contribution in [2.45, 2.75) is 0 Å². The maximum atomic E-state index is 14.0. The van der Waals surface area contributed by atoms with Crippen molar-refractivity contribution in [1.82, 2.24) is 0 Å². The van der Waals surface area contributed by atoms with Crippen molar-refractivity contribution in [3.63, 3.8) is 0 Å². The molecule has 0 fully saturated rings. The monoisotopic (exact) mass is 374 g/mol. The normalized spacial score (nSPS) is 10.4. The highest BCUT2D eigenvalue weighted by Gasteiger charge is 2.32. The van der Waals surface area contributed by atoms with E-state index < -0.39 is 74.4 Å². The van der Waals surface area contributed by atoms with Crippen molar-refractivity contribution in [3.8, 4) is 12.1 Å². The second kappa shape index (κ2) is 6.48. The van der Waals surface area contributed by atoms with Crippen LogP contribution in [0.15, 0.2) is 6.58 Å². The Kier molecular flexibility index (Phi) is 4.72. The Labute approximate surface area is 139 Å². The summed E-state index contributed by atoms with van der Waals surface area (Å²) in [7, 11) is 0. The van der Waals surface area contributed by atoms with Gasteiger partial charge in [-0.1, -0.05) is 6.58 Å². The molecule has 0 N–H and O–H groups in total. The van der Waals surface area contributed by atoms with Crippen LogP contribution in [0.5, 0.6) is 0 Å². The molecule has 2 nitrogen and oxygen atoms in total. The molecule has 2 aromatic carbocycles. The molecule has 0 bridgehead atoms. The predicted octanol–water partition coefficient (Wildman–Crippen LogP) is 4.60. The minimum atomic E-state index is -2.26. The number of rotatable bonds is 2. The minimum Gasteiger partial charge on any atom is -0.203 e. The second-order valence-electron chi connectivity index (χ2n) is 4.71. The first kappa shape index (κ1) is 18.9. The molecule has 0 spiro atoms. The molecule has 132 valence electrons. The van der Waals surface area contributed by atoms with Crippen molar-refractivity contribution in [2.24, 2.45) is 0 Å². The van der Waals surface area contributed by atoms with Crippen molar-refractivity contribution < 1.29 is 35.1 Å². The van der Waals surface area contributed by atoms with E-state index in [1.807, 2.05) is 0 Å². The van der Waals surface area contributed by atoms with E-state index in [0.717, 1.165) is 12.1 Å². The third kappa shape index (κ3) is 2.47. The summed E-state index contributed by atoms with van der Waals surface area (Å²) < 4.78 is 110. The molecule has 2 aromatic rings. The van der Waals surface area contributed by atoms with Crippen LogP contribution >= 0.6 is 0 Å². The van der Waals surface area contributed by atoms with Gasteiger partial charge in [0.15, 0.2) is 46.5 Å². The first-order chi connectivity index (χ1) is 12.1. The molecule has 26 heavy (non-hydrogen) atoms. The van der Waals surface area contributed by atoms with E-state index >= 15 is 0 Å². The first-order valence-electron chi connectivity index (χ1n) is 6.31. The summed E-state index contributed by atoms with van der Waals surface area (Å²) in [4.78, 5) is 0. The van der Waals surface area contributed by atoms with Gasteiger partial charge in [0.25, 0.3) is 0 Å². The van der Waals surface area contributed by atoms with Gasteiger partial charge in [-0.05, 0) is 5.57 Å². The zero-order valence-electron chi connectivity index (χ0n) is 12.1. The number of nitrogens with zero attached hydrogens (tertiary/aromatic N) is 2. The molecule has 0 heterocycles. The topological polar surface area (TPSA) is 47.6 Å². The van der Waals surface area contributed by atoms with Gasteiger partial charge < -0.3 is 0 Å². The molecule has 2 rings (SSSR count). The van der Waals surface area contributed by atoms with E-state index in [0.29, 0.717) is 0 Å². The van der Waals surface area contributed by atoms with E-state index in [2.05, 4.69) is 6.58 Å². The van der Waals surface area contributed by atoms with Gasteiger partial charge in [-0.3, -0.25) is 0 Å². The lowest BCUT2D eigenvalue weighted by molar-refractivity contribution is 0.440. The average Bonchev–Trinajstić information content (AvgIpc) is 2.60. The third-order valence-corrected chi connectivity index (χ3v) is 3.35. The number of benzene rings is 2. The largest absolute Gasteiger partial charge is 0.203 e. The van der Waals surface area contributed by atoms with E-state index in [1.165, 1.54) is 0 Å². The fourth-order valence-corrected chi connectivity index (χ4v) is 2.11. The molecule has 0 aliphatic heterocycles. The van der Waals surface area contributed by atoms with Crippen molar-refractivity contribution in [3.05, 3.63) is 75.4 Å². The number of hydrogen-bond acceptors (Lipinski definition) is 2. The molecule has 0 radical (unpaired) electrons. The summed E-state index contributed by atoms with van der Waals surface area (Å²) in [6.07, 6.45) is 0. The van der Waals surface area contributed by atoms with E-state index in [-0.39, 0.29) is 0 Å². The van der Waals surface area contributed by atoms with E-state index in [9.17, 15) is 35.1 Å². The summed E-state index contributed by atoms with van der Waals surface area (Å²) in [6, 6.07) is 1.69. The van der Waals surface area contributed by atoms with Crippen molar-refractivity contribution in [1.29, 1.82) is 10.5 Å². The van der Waals surface area contributed by atoms with Gasteiger partial charge in [0.05, 0.1) is 11.1 Å². The SMILES string of the molecule is C=C(c1c(F)c(F)c(C#N)c(F)c1F)c1c(F)c(F)c(C#N)c(F)c1F. The Hall–Kier alpha value is -3.40. The molecule has 10 heteroatoms. The molecule has 0 aliphatic rings. The molecule has 0 aliphatic carbocycles. The Bertz CT molecular complexity index is 918. The van der Waals surface area contributed by atoms with Crippen LogP contribution in [-0.4, -0.2) is 0 Å². The molecular formula is C16H2F8N2. The Morgan fingerprint density at radius 2 is 0.769 bits per heavy atom. The molecule has 0 saturated heterocycles. The molecule has 0 atom stereocenters. The summed E-state index contributed by atoms with van der Waals surface area (Å²) >= 11 is 0. The van der Waals surface area contributed by atoms with Crippen LogP contribution in [0, 0.1) is 69.2 Å². The van der Waals surface area contributed by atoms with Crippen molar-refractivity contribution in [2.75, 3.05) is 0 Å². The summed E-state index contributed by atoms with van der Waals surface area (Å²) in [5.74, 6) is -17.8. The van der Waals surface area contributed by atoms with Crippen LogP contribution in [0.25, 0.3) is 5.57 Å². The zero-order chi connectivity index (χ0) is 19.9. The number of hydrogen-bond donors (Lipinski definition) is 0. The van der Waals surface area contributed by atoms with E-state index in [4.69, 9.17) is 10.5 Å². The van der Waals surface area contributed by atoms with Crippen LogP contribution in [0.3, 0.4) is 0 Å². The average molecular weight is 374 g/mol. The van der Waals surface area contributed by atoms with Gasteiger partial charge in [-0.15, -0.1) is 0 Å². The van der Waals surface area contributed by atoms with Crippen LogP contribution in [0.1, 0.15) is 22.3 Å². The number of nitriles is 2. The predicted molar refractivity (Wildman–Crippen MR) is 70.1 cm³/mol. The van der Waals surface area contributed by atoms with Gasteiger partial charge in [0.2, 0.25) is 0 Å². The second-order valence-corrected chi connectivity index (χ2v) is 4.71. The Balaban J connectivity index is 2.90. The highest BCUT2D eigenvalue weighted by molar-refractivity contribution is 5.80. The fraction of sp³-hybridized carbons (Fsp3) is 0. The fourth-order valence-electron chi connectivity index (χ4n) is 2.11. The highest BCUT2D eigenvalue weighted by Crippen LogP contribution is 2.36. The standard InChI is InChI=1S/C16H2F8N2/c1-4(7-13(21)9(17)5(2-25)10(18)14(7)22)8-15(23)11(19)6(3-26)12(20)16(8)24/h1H2. The van der Waals surface area contributed by atoms with Gasteiger partial charge in [0.1, 0.15) is 23.3 Å². The minimum absolute atomic E-state index is 0.843. The van der Waals surface area contributed by atoms with Gasteiger partial charge in [0, 0.05) is 0 Å². The zero-order valence-corrected chi connectivity index (χ0v) is 12.1. The molecule has 0 amide bonds. The molecule has 0 saturated carbocycles. The maximum absolute atomic E-state index is 14.0. The van der Waals surface area contributed by atoms with Crippen molar-refractivity contribution >= 4 is 5.57 Å². The summed E-state index contributed by atoms with van der Waals surface area (Å²) in [5, 5.41) is 17.0. The highest BCUT2D eigenvalue weighted by atomic mass is 19.2. The molecule has 0 unspecified atom stereocenters. The Morgan fingerprint density at radius 3 is 0.962 bits per heavy atom. The van der Waals surface area contributed by atoms with Crippen LogP contribution in [0.4, 0.5) is 35.1 Å². The maximum Gasteiger partial charge on any atom is 0.180 e. The first-order valence-corrected chi connectivity index (χ1v) is 6.31. The van der Waals surface area contributed by atoms with E-state index in [1.54, 1.807) is 0 Å². The number of halogens is 8. The van der Waals surface area contributed by atoms with Crippen LogP contribution < -0.4 is 0 Å². The van der Waals surface area contributed by atoms with Gasteiger partial charge >= 0.3 is 0 Å². The molecular weight excluding hydrogens is 372 g/mol. The van der Waals surface area contributed by atoms with Gasteiger partial charge in [-0.25, -0.2) is 35.1 Å². The Morgan fingerprint density at radius 1 is 0.538 bits per heavy atom. The summed E-state index contributed by atoms with van der Waals surface area (Å²) in [5.41, 5.74) is -8.36. The van der Waals surface area contributed by atoms with Crippen LogP contribution in [-0.2, 0) is 0 Å². The summed E-state index contributed by atoms with van der Waals surface area (Å²) in [6.45, 7) is 2.82.